The maximum atomic E-state index is 11.0. The fraction of sp³-hybridized carbons (Fsp3) is 0.833. The lowest BCUT2D eigenvalue weighted by molar-refractivity contribution is -0.138. The normalized spacial score (nSPS) is 13.7. The van der Waals surface area contributed by atoms with Crippen LogP contribution in [-0.2, 0) is 15.0 Å². The van der Waals surface area contributed by atoms with Gasteiger partial charge in [-0.3, -0.25) is 4.79 Å². The lowest BCUT2D eigenvalue weighted by Gasteiger charge is -2.08. The Bertz CT molecular complexity index is 291. The summed E-state index contributed by atoms with van der Waals surface area (Å²) in [6, 6.07) is -1.09. The van der Waals surface area contributed by atoms with Crippen LogP contribution in [0.1, 0.15) is 6.42 Å². The van der Waals surface area contributed by atoms with Crippen molar-refractivity contribution < 1.29 is 23.4 Å². The molecule has 0 aromatic heterocycles. The molecule has 0 rings (SSSR count). The second-order valence-electron chi connectivity index (χ2n) is 2.75. The first-order chi connectivity index (χ1) is 6.89. The zero-order chi connectivity index (χ0) is 11.9. The largest absolute Gasteiger partial charge is 0.480 e. The monoisotopic (exact) mass is 241 g/mol. The molecular weight excluding hydrogens is 226 g/mol. The van der Waals surface area contributed by atoms with E-state index in [-0.39, 0.29) is 26.1 Å². The van der Waals surface area contributed by atoms with E-state index in [2.05, 4.69) is 4.72 Å². The van der Waals surface area contributed by atoms with Crippen LogP contribution in [0, 0.1) is 0 Å². The number of carboxylic acids is 1. The molecule has 8 nitrogen and oxygen atoms in total. The second-order valence-corrected chi connectivity index (χ2v) is 4.33. The van der Waals surface area contributed by atoms with Gasteiger partial charge in [0.15, 0.2) is 0 Å². The highest BCUT2D eigenvalue weighted by Gasteiger charge is 2.13. The first-order valence-electron chi connectivity index (χ1n) is 4.22. The molecule has 9 heteroatoms. The molecule has 0 aliphatic carbocycles. The highest BCUT2D eigenvalue weighted by atomic mass is 32.2. The Hall–Kier alpha value is -0.740. The number of hydrogen-bond donors (Lipinski definition) is 5. The number of nitrogens with one attached hydrogen (secondary N) is 2. The zero-order valence-corrected chi connectivity index (χ0v) is 8.83. The summed E-state index contributed by atoms with van der Waals surface area (Å²) in [5.41, 5.74) is 5.15. The fourth-order valence-electron chi connectivity index (χ4n) is 0.703. The number of nitrogens with two attached hydrogens (primary N) is 1. The first-order valence-corrected chi connectivity index (χ1v) is 5.71. The number of aliphatic hydroxyl groups excluding tert-OH is 1. The first kappa shape index (κ1) is 14.3. The molecule has 0 aliphatic heterocycles. The van der Waals surface area contributed by atoms with E-state index in [1.54, 1.807) is 0 Å². The average Bonchev–Trinajstić information content (AvgIpc) is 2.14. The molecule has 0 saturated heterocycles. The van der Waals surface area contributed by atoms with Crippen LogP contribution < -0.4 is 15.2 Å². The molecule has 0 fully saturated rings. The lowest BCUT2D eigenvalue weighted by Crippen LogP contribution is -2.41. The molecule has 0 aromatic rings. The van der Waals surface area contributed by atoms with Crippen LogP contribution in [0.3, 0.4) is 0 Å². The molecule has 0 aromatic carbocycles. The smallest absolute Gasteiger partial charge is 0.320 e. The van der Waals surface area contributed by atoms with Crippen LogP contribution >= 0.6 is 0 Å². The van der Waals surface area contributed by atoms with Crippen molar-refractivity contribution in [1.82, 2.24) is 9.44 Å². The summed E-state index contributed by atoms with van der Waals surface area (Å²) >= 11 is 0. The quantitative estimate of drug-likeness (QED) is 0.311. The van der Waals surface area contributed by atoms with E-state index in [4.69, 9.17) is 15.9 Å². The van der Waals surface area contributed by atoms with Crippen molar-refractivity contribution in [2.24, 2.45) is 5.73 Å². The summed E-state index contributed by atoms with van der Waals surface area (Å²) in [6.07, 6.45) is -0.00459. The minimum Gasteiger partial charge on any atom is -0.480 e. The third-order valence-electron chi connectivity index (χ3n) is 1.47. The molecule has 0 saturated carbocycles. The highest BCUT2D eigenvalue weighted by molar-refractivity contribution is 7.87. The van der Waals surface area contributed by atoms with Gasteiger partial charge in [0.2, 0.25) is 0 Å². The number of hydrogen-bond acceptors (Lipinski definition) is 5. The molecule has 0 spiro atoms. The predicted octanol–water partition coefficient (Wildman–Crippen LogP) is -2.80. The Balaban J connectivity index is 3.80. The van der Waals surface area contributed by atoms with Crippen molar-refractivity contribution in [3.63, 3.8) is 0 Å². The number of carboxylic acid groups (broad SMARTS) is 1. The van der Waals surface area contributed by atoms with Crippen LogP contribution in [0.15, 0.2) is 0 Å². The molecule has 15 heavy (non-hydrogen) atoms. The van der Waals surface area contributed by atoms with E-state index in [1.807, 2.05) is 4.72 Å². The number of rotatable bonds is 8. The van der Waals surface area contributed by atoms with Crippen molar-refractivity contribution in [2.45, 2.75) is 12.5 Å². The molecule has 1 atom stereocenters. The van der Waals surface area contributed by atoms with Gasteiger partial charge in [0, 0.05) is 13.1 Å². The summed E-state index contributed by atoms with van der Waals surface area (Å²) < 4.78 is 26.2. The van der Waals surface area contributed by atoms with Gasteiger partial charge in [-0.2, -0.15) is 8.42 Å². The van der Waals surface area contributed by atoms with Crippen molar-refractivity contribution in [2.75, 3.05) is 19.7 Å². The van der Waals surface area contributed by atoms with Gasteiger partial charge in [0.25, 0.3) is 10.2 Å². The van der Waals surface area contributed by atoms with Crippen molar-refractivity contribution in [1.29, 1.82) is 0 Å². The molecule has 0 aliphatic rings. The van der Waals surface area contributed by atoms with Gasteiger partial charge in [-0.25, -0.2) is 9.44 Å². The topological polar surface area (TPSA) is 142 Å². The maximum absolute atomic E-state index is 11.0. The van der Waals surface area contributed by atoms with E-state index in [9.17, 15) is 13.2 Å². The van der Waals surface area contributed by atoms with E-state index in [0.717, 1.165) is 0 Å². The molecule has 0 bridgehead atoms. The summed E-state index contributed by atoms with van der Waals surface area (Å²) in [5.74, 6) is -1.18. The van der Waals surface area contributed by atoms with E-state index in [0.29, 0.717) is 0 Å². The van der Waals surface area contributed by atoms with Gasteiger partial charge in [-0.15, -0.1) is 0 Å². The number of aliphatic carboxylic acids is 1. The third-order valence-corrected chi connectivity index (χ3v) is 2.64. The summed E-state index contributed by atoms with van der Waals surface area (Å²) in [6.45, 7) is -0.482. The van der Waals surface area contributed by atoms with Crippen molar-refractivity contribution in [3.8, 4) is 0 Å². The van der Waals surface area contributed by atoms with Gasteiger partial charge in [0.1, 0.15) is 6.04 Å². The molecular formula is C6H15N3O5S. The van der Waals surface area contributed by atoms with Crippen LogP contribution in [0.5, 0.6) is 0 Å². The molecule has 0 heterocycles. The minimum atomic E-state index is -3.67. The zero-order valence-electron chi connectivity index (χ0n) is 8.01. The molecule has 0 amide bonds. The van der Waals surface area contributed by atoms with Gasteiger partial charge < -0.3 is 15.9 Å². The molecule has 0 unspecified atom stereocenters. The van der Waals surface area contributed by atoms with Crippen LogP contribution in [0.25, 0.3) is 0 Å². The van der Waals surface area contributed by atoms with E-state index in [1.165, 1.54) is 0 Å². The SMILES string of the molecule is N[C@@H](CCNS(=O)(=O)NCCO)C(=O)O. The van der Waals surface area contributed by atoms with Gasteiger partial charge in [-0.05, 0) is 6.42 Å². The van der Waals surface area contributed by atoms with Gasteiger partial charge in [0.05, 0.1) is 6.61 Å². The summed E-state index contributed by atoms with van der Waals surface area (Å²) in [4.78, 5) is 10.3. The summed E-state index contributed by atoms with van der Waals surface area (Å²) in [7, 11) is -3.67. The summed E-state index contributed by atoms with van der Waals surface area (Å²) in [5, 5.41) is 16.8. The maximum Gasteiger partial charge on any atom is 0.320 e. The van der Waals surface area contributed by atoms with Crippen LogP contribution in [0.4, 0.5) is 0 Å². The van der Waals surface area contributed by atoms with Crippen LogP contribution in [0.2, 0.25) is 0 Å². The molecule has 0 radical (unpaired) electrons. The Morgan fingerprint density at radius 3 is 2.33 bits per heavy atom. The molecule has 6 N–H and O–H groups in total. The fourth-order valence-corrected chi connectivity index (χ4v) is 1.55. The highest BCUT2D eigenvalue weighted by Crippen LogP contribution is 1.87. The Labute approximate surface area is 87.6 Å². The number of aliphatic hydroxyl groups is 1. The minimum absolute atomic E-state index is 0.00459. The molecule has 90 valence electrons. The van der Waals surface area contributed by atoms with E-state index < -0.39 is 22.2 Å². The van der Waals surface area contributed by atoms with E-state index >= 15 is 0 Å². The average molecular weight is 241 g/mol. The van der Waals surface area contributed by atoms with Gasteiger partial charge >= 0.3 is 5.97 Å². The Kier molecular flexibility index (Phi) is 6.36. The van der Waals surface area contributed by atoms with Crippen molar-refractivity contribution >= 4 is 16.2 Å². The third kappa shape index (κ3) is 7.22. The second kappa shape index (κ2) is 6.69. The Morgan fingerprint density at radius 1 is 1.33 bits per heavy atom. The Morgan fingerprint density at radius 2 is 1.87 bits per heavy atom. The lowest BCUT2D eigenvalue weighted by atomic mass is 10.2. The predicted molar refractivity (Wildman–Crippen MR) is 52.2 cm³/mol. The van der Waals surface area contributed by atoms with Crippen molar-refractivity contribution in [3.05, 3.63) is 0 Å². The standard InChI is InChI=1S/C6H15N3O5S/c7-5(6(11)12)1-2-8-15(13,14)9-3-4-10/h5,8-10H,1-4,7H2,(H,11,12)/t5-/m0/s1. The van der Waals surface area contributed by atoms with Crippen LogP contribution in [-0.4, -0.2) is 50.3 Å². The number of carbonyl (C=O) groups is 1. The van der Waals surface area contributed by atoms with Gasteiger partial charge in [-0.1, -0.05) is 0 Å².